The van der Waals surface area contributed by atoms with Crippen LogP contribution in [0.4, 0.5) is 4.79 Å². The fourth-order valence-corrected chi connectivity index (χ4v) is 3.67. The van der Waals surface area contributed by atoms with Crippen LogP contribution in [-0.4, -0.2) is 36.6 Å². The van der Waals surface area contributed by atoms with Gasteiger partial charge in [0.05, 0.1) is 6.04 Å². The highest BCUT2D eigenvalue weighted by Gasteiger charge is 2.26. The predicted octanol–water partition coefficient (Wildman–Crippen LogP) is 3.31. The number of hydrogen-bond donors (Lipinski definition) is 3. The number of hydrogen-bond acceptors (Lipinski definition) is 4. The second-order valence-corrected chi connectivity index (χ2v) is 9.10. The summed E-state index contributed by atoms with van der Waals surface area (Å²) in [4.78, 5) is 36.8. The van der Waals surface area contributed by atoms with Crippen molar-refractivity contribution in [3.8, 4) is 0 Å². The number of nitrogens with one attached hydrogen (secondary N) is 3. The van der Waals surface area contributed by atoms with Gasteiger partial charge in [-0.05, 0) is 45.1 Å². The zero-order valence-corrected chi connectivity index (χ0v) is 18.5. The molecule has 3 unspecified atom stereocenters. The van der Waals surface area contributed by atoms with Crippen LogP contribution in [0.25, 0.3) is 0 Å². The van der Waals surface area contributed by atoms with E-state index in [0.717, 1.165) is 24.8 Å². The number of carbonyl (C=O) groups is 3. The molecule has 0 spiro atoms. The van der Waals surface area contributed by atoms with E-state index in [9.17, 15) is 14.4 Å². The molecule has 3 N–H and O–H groups in total. The molecule has 1 aromatic carbocycles. The Hall–Kier alpha value is -2.57. The first-order valence-corrected chi connectivity index (χ1v) is 10.7. The third-order valence-corrected chi connectivity index (χ3v) is 5.12. The van der Waals surface area contributed by atoms with E-state index in [1.54, 1.807) is 20.8 Å². The minimum Gasteiger partial charge on any atom is -0.444 e. The molecule has 3 amide bonds. The lowest BCUT2D eigenvalue weighted by atomic mass is 9.82. The van der Waals surface area contributed by atoms with Gasteiger partial charge in [0.2, 0.25) is 11.8 Å². The second kappa shape index (κ2) is 11.0. The molecule has 7 nitrogen and oxygen atoms in total. The van der Waals surface area contributed by atoms with Gasteiger partial charge in [-0.3, -0.25) is 9.59 Å². The zero-order chi connectivity index (χ0) is 22.1. The molecule has 1 aliphatic carbocycles. The van der Waals surface area contributed by atoms with Crippen molar-refractivity contribution in [3.63, 3.8) is 0 Å². The molecule has 0 aromatic heterocycles. The summed E-state index contributed by atoms with van der Waals surface area (Å²) in [7, 11) is 0. The van der Waals surface area contributed by atoms with Crippen molar-refractivity contribution in [3.05, 3.63) is 35.9 Å². The van der Waals surface area contributed by atoms with Crippen LogP contribution < -0.4 is 16.0 Å². The molecule has 3 atom stereocenters. The van der Waals surface area contributed by atoms with Crippen LogP contribution in [0.5, 0.6) is 0 Å². The van der Waals surface area contributed by atoms with Gasteiger partial charge in [0, 0.05) is 12.5 Å². The van der Waals surface area contributed by atoms with Crippen LogP contribution in [0.3, 0.4) is 0 Å². The van der Waals surface area contributed by atoms with Gasteiger partial charge in [0.1, 0.15) is 12.1 Å². The molecule has 30 heavy (non-hydrogen) atoms. The summed E-state index contributed by atoms with van der Waals surface area (Å²) in [6, 6.07) is 9.09. The fraction of sp³-hybridized carbons (Fsp3) is 0.609. The van der Waals surface area contributed by atoms with Crippen molar-refractivity contribution < 1.29 is 19.1 Å². The molecule has 7 heteroatoms. The molecule has 0 aliphatic heterocycles. The van der Waals surface area contributed by atoms with Gasteiger partial charge in [-0.15, -0.1) is 0 Å². The lowest BCUT2D eigenvalue weighted by Crippen LogP contribution is -2.44. The summed E-state index contributed by atoms with van der Waals surface area (Å²) in [6.45, 7) is 7.55. The maximum absolute atomic E-state index is 12.6. The highest BCUT2D eigenvalue weighted by Crippen LogP contribution is 2.28. The molecule has 0 radical (unpaired) electrons. The Labute approximate surface area is 179 Å². The fourth-order valence-electron chi connectivity index (χ4n) is 3.67. The molecule has 1 saturated carbocycles. The Bertz CT molecular complexity index is 715. The molecule has 1 aromatic rings. The standard InChI is InChI=1S/C23H35N3O4/c1-16-9-8-12-18(13-16)21(28)24-14-19(17-10-6-5-7-11-17)26-20(27)15-25-22(29)30-23(2,3)4/h5-7,10-11,16,18-19H,8-9,12-15H2,1-4H3,(H,24,28)(H,25,29)(H,26,27). The molecule has 0 heterocycles. The highest BCUT2D eigenvalue weighted by atomic mass is 16.6. The van der Waals surface area contributed by atoms with Crippen LogP contribution in [0.15, 0.2) is 30.3 Å². The number of amides is 3. The molecule has 0 saturated heterocycles. The number of rotatable bonds is 7. The summed E-state index contributed by atoms with van der Waals surface area (Å²) < 4.78 is 5.15. The van der Waals surface area contributed by atoms with E-state index < -0.39 is 11.7 Å². The Morgan fingerprint density at radius 2 is 1.80 bits per heavy atom. The molecular weight excluding hydrogens is 382 g/mol. The summed E-state index contributed by atoms with van der Waals surface area (Å²) in [6.07, 6.45) is 3.44. The van der Waals surface area contributed by atoms with Crippen molar-refractivity contribution in [2.75, 3.05) is 13.1 Å². The maximum Gasteiger partial charge on any atom is 0.408 e. The van der Waals surface area contributed by atoms with Gasteiger partial charge in [-0.1, -0.05) is 50.1 Å². The Morgan fingerprint density at radius 1 is 1.10 bits per heavy atom. The van der Waals surface area contributed by atoms with E-state index in [-0.39, 0.29) is 30.3 Å². The minimum absolute atomic E-state index is 0.0368. The molecule has 0 bridgehead atoms. The molecular formula is C23H35N3O4. The van der Waals surface area contributed by atoms with Crippen LogP contribution in [-0.2, 0) is 14.3 Å². The first-order chi connectivity index (χ1) is 14.1. The lowest BCUT2D eigenvalue weighted by Gasteiger charge is -2.27. The lowest BCUT2D eigenvalue weighted by molar-refractivity contribution is -0.127. The Kier molecular flexibility index (Phi) is 8.69. The number of benzene rings is 1. The second-order valence-electron chi connectivity index (χ2n) is 9.10. The monoisotopic (exact) mass is 417 g/mol. The van der Waals surface area contributed by atoms with Gasteiger partial charge < -0.3 is 20.7 Å². The van der Waals surface area contributed by atoms with Gasteiger partial charge in [0.15, 0.2) is 0 Å². The van der Waals surface area contributed by atoms with Crippen LogP contribution in [0.2, 0.25) is 0 Å². The van der Waals surface area contributed by atoms with E-state index in [4.69, 9.17) is 4.74 Å². The third kappa shape index (κ3) is 8.43. The van der Waals surface area contributed by atoms with Gasteiger partial charge in [-0.25, -0.2) is 4.79 Å². The topological polar surface area (TPSA) is 96.5 Å². The normalized spacial score (nSPS) is 20.0. The summed E-state index contributed by atoms with van der Waals surface area (Å²) in [5.74, 6) is 0.298. The maximum atomic E-state index is 12.6. The van der Waals surface area contributed by atoms with Crippen LogP contribution in [0.1, 0.15) is 65.0 Å². The van der Waals surface area contributed by atoms with E-state index in [0.29, 0.717) is 12.5 Å². The first kappa shape index (κ1) is 23.7. The quantitative estimate of drug-likeness (QED) is 0.634. The van der Waals surface area contributed by atoms with Crippen molar-refractivity contribution in [2.45, 2.75) is 65.0 Å². The van der Waals surface area contributed by atoms with Crippen molar-refractivity contribution >= 4 is 17.9 Å². The van der Waals surface area contributed by atoms with Crippen LogP contribution >= 0.6 is 0 Å². The molecule has 1 aliphatic rings. The number of ether oxygens (including phenoxy) is 1. The number of carbonyl (C=O) groups excluding carboxylic acids is 3. The number of alkyl carbamates (subject to hydrolysis) is 1. The third-order valence-electron chi connectivity index (χ3n) is 5.12. The first-order valence-electron chi connectivity index (χ1n) is 10.7. The average Bonchev–Trinajstić information content (AvgIpc) is 2.68. The zero-order valence-electron chi connectivity index (χ0n) is 18.5. The SMILES string of the molecule is CC1CCCC(C(=O)NCC(NC(=O)CNC(=O)OC(C)(C)C)c2ccccc2)C1. The van der Waals surface area contributed by atoms with Crippen molar-refractivity contribution in [2.24, 2.45) is 11.8 Å². The van der Waals surface area contributed by atoms with E-state index in [1.807, 2.05) is 30.3 Å². The van der Waals surface area contributed by atoms with Gasteiger partial charge in [0.25, 0.3) is 0 Å². The smallest absolute Gasteiger partial charge is 0.408 e. The summed E-state index contributed by atoms with van der Waals surface area (Å²) in [5, 5.41) is 8.36. The Morgan fingerprint density at radius 3 is 2.43 bits per heavy atom. The predicted molar refractivity (Wildman–Crippen MR) is 116 cm³/mol. The summed E-state index contributed by atoms with van der Waals surface area (Å²) >= 11 is 0. The van der Waals surface area contributed by atoms with E-state index >= 15 is 0 Å². The molecule has 2 rings (SSSR count). The van der Waals surface area contributed by atoms with Crippen molar-refractivity contribution in [1.82, 2.24) is 16.0 Å². The van der Waals surface area contributed by atoms with Gasteiger partial charge >= 0.3 is 6.09 Å². The van der Waals surface area contributed by atoms with Crippen molar-refractivity contribution in [1.29, 1.82) is 0 Å². The Balaban J connectivity index is 1.91. The molecule has 1 fully saturated rings. The average molecular weight is 418 g/mol. The molecule has 166 valence electrons. The van der Waals surface area contributed by atoms with Gasteiger partial charge in [-0.2, -0.15) is 0 Å². The largest absolute Gasteiger partial charge is 0.444 e. The van der Waals surface area contributed by atoms with Crippen LogP contribution in [0, 0.1) is 11.8 Å². The van der Waals surface area contributed by atoms with E-state index in [2.05, 4.69) is 22.9 Å². The minimum atomic E-state index is -0.645. The summed E-state index contributed by atoms with van der Waals surface area (Å²) in [5.41, 5.74) is 0.258. The highest BCUT2D eigenvalue weighted by molar-refractivity contribution is 5.83. The van der Waals surface area contributed by atoms with E-state index in [1.165, 1.54) is 6.42 Å².